The number of anilines is 1. The van der Waals surface area contributed by atoms with E-state index >= 15 is 0 Å². The van der Waals surface area contributed by atoms with Crippen LogP contribution >= 0.6 is 15.9 Å². The molecule has 9 heteroatoms. The molecule has 112 valence electrons. The quantitative estimate of drug-likeness (QED) is 0.860. The summed E-state index contributed by atoms with van der Waals surface area (Å²) in [4.78, 5) is 0. The number of hydrogen-bond donors (Lipinski definition) is 1. The summed E-state index contributed by atoms with van der Waals surface area (Å²) in [5, 5.41) is 17.5. The average molecular weight is 373 g/mol. The topological polar surface area (TPSA) is 88.3 Å². The molecule has 2 aromatic rings. The van der Waals surface area contributed by atoms with Crippen LogP contribution in [0.4, 0.5) is 5.69 Å². The largest absolute Gasteiger partial charge is 0.506 e. The van der Waals surface area contributed by atoms with E-state index in [-0.39, 0.29) is 15.4 Å². The molecule has 0 unspecified atom stereocenters. The molecule has 0 atom stereocenters. The number of sulfonamides is 1. The van der Waals surface area contributed by atoms with Gasteiger partial charge in [-0.05, 0) is 40.4 Å². The predicted octanol–water partition coefficient (Wildman–Crippen LogP) is 1.42. The summed E-state index contributed by atoms with van der Waals surface area (Å²) in [5.74, 6) is -0.0398. The Balaban J connectivity index is 2.19. The maximum Gasteiger partial charge on any atom is 0.284 e. The minimum Gasteiger partial charge on any atom is -0.506 e. The zero-order valence-corrected chi connectivity index (χ0v) is 13.6. The monoisotopic (exact) mass is 372 g/mol. The third-order valence-corrected chi connectivity index (χ3v) is 6.11. The number of aromatic hydroxyl groups is 1. The first-order valence-electron chi connectivity index (χ1n) is 6.31. The molecule has 0 saturated carbocycles. The molecule has 0 saturated heterocycles. The van der Waals surface area contributed by atoms with Gasteiger partial charge in [-0.1, -0.05) is 17.3 Å². The van der Waals surface area contributed by atoms with Crippen LogP contribution in [0.25, 0.3) is 0 Å². The first-order valence-corrected chi connectivity index (χ1v) is 8.55. The van der Waals surface area contributed by atoms with Gasteiger partial charge in [0.05, 0.1) is 5.69 Å². The van der Waals surface area contributed by atoms with Crippen molar-refractivity contribution in [2.24, 2.45) is 7.05 Å². The van der Waals surface area contributed by atoms with Gasteiger partial charge in [0, 0.05) is 13.6 Å². The van der Waals surface area contributed by atoms with Gasteiger partial charge in [-0.25, -0.2) is 4.68 Å². The molecule has 1 aliphatic rings. The molecule has 0 radical (unpaired) electrons. The van der Waals surface area contributed by atoms with E-state index in [9.17, 15) is 13.5 Å². The normalized spacial score (nSPS) is 15.0. The van der Waals surface area contributed by atoms with E-state index in [1.54, 1.807) is 6.07 Å². The SMILES string of the molecule is Cn1nnc(Br)c1S(=O)(=O)N1CCCc2cccc(O)c21. The maximum absolute atomic E-state index is 12.9. The molecule has 0 aliphatic carbocycles. The summed E-state index contributed by atoms with van der Waals surface area (Å²) in [6.45, 7) is 0.310. The molecule has 0 bridgehead atoms. The number of para-hydroxylation sites is 1. The van der Waals surface area contributed by atoms with Crippen molar-refractivity contribution >= 4 is 31.6 Å². The van der Waals surface area contributed by atoms with Gasteiger partial charge in [0.25, 0.3) is 10.0 Å². The molecule has 21 heavy (non-hydrogen) atoms. The van der Waals surface area contributed by atoms with E-state index in [1.807, 2.05) is 6.07 Å². The Hall–Kier alpha value is -1.61. The molecule has 7 nitrogen and oxygen atoms in total. The highest BCUT2D eigenvalue weighted by atomic mass is 79.9. The van der Waals surface area contributed by atoms with Crippen molar-refractivity contribution in [3.8, 4) is 5.75 Å². The number of benzene rings is 1. The summed E-state index contributed by atoms with van der Waals surface area (Å²) < 4.78 is 28.4. The second-order valence-electron chi connectivity index (χ2n) is 4.77. The van der Waals surface area contributed by atoms with Crippen molar-refractivity contribution in [3.63, 3.8) is 0 Å². The highest BCUT2D eigenvalue weighted by Crippen LogP contribution is 2.39. The van der Waals surface area contributed by atoms with Crippen molar-refractivity contribution in [1.29, 1.82) is 0 Å². The molecule has 0 fully saturated rings. The number of hydrogen-bond acceptors (Lipinski definition) is 5. The third kappa shape index (κ3) is 2.20. The van der Waals surface area contributed by atoms with Gasteiger partial charge >= 0.3 is 0 Å². The zero-order chi connectivity index (χ0) is 15.2. The van der Waals surface area contributed by atoms with Gasteiger partial charge in [0.15, 0.2) is 4.60 Å². The first-order chi connectivity index (χ1) is 9.93. The van der Waals surface area contributed by atoms with Crippen LogP contribution in [0.3, 0.4) is 0 Å². The fourth-order valence-corrected chi connectivity index (χ4v) is 5.13. The highest BCUT2D eigenvalue weighted by Gasteiger charge is 2.35. The smallest absolute Gasteiger partial charge is 0.284 e. The van der Waals surface area contributed by atoms with Crippen LogP contribution in [0.1, 0.15) is 12.0 Å². The lowest BCUT2D eigenvalue weighted by molar-refractivity contribution is 0.472. The summed E-state index contributed by atoms with van der Waals surface area (Å²) in [6, 6.07) is 5.03. The van der Waals surface area contributed by atoms with Crippen LogP contribution in [-0.4, -0.2) is 35.1 Å². The third-order valence-electron chi connectivity index (χ3n) is 3.43. The summed E-state index contributed by atoms with van der Waals surface area (Å²) in [5.41, 5.74) is 1.16. The molecule has 1 aromatic heterocycles. The van der Waals surface area contributed by atoms with Gasteiger partial charge in [-0.2, -0.15) is 8.42 Å². The van der Waals surface area contributed by atoms with Gasteiger partial charge in [-0.15, -0.1) is 5.10 Å². The molecule has 1 aliphatic heterocycles. The van der Waals surface area contributed by atoms with Crippen LogP contribution in [0.2, 0.25) is 0 Å². The van der Waals surface area contributed by atoms with E-state index in [1.165, 1.54) is 22.1 Å². The van der Waals surface area contributed by atoms with Gasteiger partial charge in [-0.3, -0.25) is 4.31 Å². The van der Waals surface area contributed by atoms with E-state index in [0.717, 1.165) is 12.0 Å². The molecule has 1 N–H and O–H groups in total. The van der Waals surface area contributed by atoms with E-state index in [0.29, 0.717) is 18.7 Å². The van der Waals surface area contributed by atoms with Crippen molar-refractivity contribution in [2.45, 2.75) is 17.9 Å². The summed E-state index contributed by atoms with van der Waals surface area (Å²) in [7, 11) is -2.34. The number of rotatable bonds is 2. The number of halogens is 1. The average Bonchev–Trinajstić information content (AvgIpc) is 2.78. The molecule has 0 amide bonds. The fraction of sp³-hybridized carbons (Fsp3) is 0.333. The number of fused-ring (bicyclic) bond motifs is 1. The molecule has 3 rings (SSSR count). The summed E-state index contributed by atoms with van der Waals surface area (Å²) in [6.07, 6.45) is 1.43. The molecule has 2 heterocycles. The van der Waals surface area contributed by atoms with Crippen molar-refractivity contribution in [3.05, 3.63) is 28.4 Å². The number of aromatic nitrogens is 3. The summed E-state index contributed by atoms with van der Waals surface area (Å²) >= 11 is 3.12. The maximum atomic E-state index is 12.9. The molecular weight excluding hydrogens is 360 g/mol. The van der Waals surface area contributed by atoms with Crippen LogP contribution in [0.5, 0.6) is 5.75 Å². The lowest BCUT2D eigenvalue weighted by Crippen LogP contribution is -2.36. The first kappa shape index (κ1) is 14.3. The van der Waals surface area contributed by atoms with Crippen LogP contribution in [0.15, 0.2) is 27.8 Å². The van der Waals surface area contributed by atoms with E-state index in [4.69, 9.17) is 0 Å². The van der Waals surface area contributed by atoms with Crippen molar-refractivity contribution < 1.29 is 13.5 Å². The predicted molar refractivity (Wildman–Crippen MR) is 79.7 cm³/mol. The number of phenolic OH excluding ortho intramolecular Hbond substituents is 1. The second-order valence-corrected chi connectivity index (χ2v) is 7.30. The number of aryl methyl sites for hydroxylation is 2. The van der Waals surface area contributed by atoms with Gasteiger partial charge in [0.2, 0.25) is 5.03 Å². The van der Waals surface area contributed by atoms with Crippen LogP contribution in [0, 0.1) is 0 Å². The van der Waals surface area contributed by atoms with Crippen molar-refractivity contribution in [2.75, 3.05) is 10.8 Å². The number of phenols is 1. The standard InChI is InChI=1S/C12H13BrN4O3S/c1-16-12(11(13)14-15-16)21(19,20)17-7-3-5-8-4-2-6-9(18)10(8)17/h2,4,6,18H,3,5,7H2,1H3. The van der Waals surface area contributed by atoms with E-state index in [2.05, 4.69) is 26.2 Å². The minimum absolute atomic E-state index is 0.0291. The van der Waals surface area contributed by atoms with Gasteiger partial charge in [0.1, 0.15) is 5.75 Å². The van der Waals surface area contributed by atoms with Crippen molar-refractivity contribution in [1.82, 2.24) is 15.0 Å². The van der Waals surface area contributed by atoms with E-state index < -0.39 is 10.0 Å². The molecular formula is C12H13BrN4O3S. The Morgan fingerprint density at radius 2 is 2.14 bits per heavy atom. The Labute approximate surface area is 130 Å². The fourth-order valence-electron chi connectivity index (χ4n) is 2.53. The zero-order valence-electron chi connectivity index (χ0n) is 11.2. The Kier molecular flexibility index (Phi) is 3.40. The second kappa shape index (κ2) is 4.99. The highest BCUT2D eigenvalue weighted by molar-refractivity contribution is 9.10. The number of nitrogens with zero attached hydrogens (tertiary/aromatic N) is 4. The van der Waals surface area contributed by atoms with Crippen LogP contribution in [-0.2, 0) is 23.5 Å². The van der Waals surface area contributed by atoms with Crippen LogP contribution < -0.4 is 4.31 Å². The Morgan fingerprint density at radius 1 is 1.38 bits per heavy atom. The Bertz CT molecular complexity index is 783. The van der Waals surface area contributed by atoms with Gasteiger partial charge < -0.3 is 5.11 Å². The Morgan fingerprint density at radius 3 is 2.81 bits per heavy atom. The lowest BCUT2D eigenvalue weighted by atomic mass is 10.0. The minimum atomic E-state index is -3.85. The molecule has 0 spiro atoms. The molecule has 1 aromatic carbocycles. The lowest BCUT2D eigenvalue weighted by Gasteiger charge is -2.30.